The van der Waals surface area contributed by atoms with Crippen LogP contribution >= 0.6 is 0 Å². The van der Waals surface area contributed by atoms with Gasteiger partial charge < -0.3 is 15.6 Å². The standard InChI is InChI=1S/C20H28N4O/c1-2-18-22-16-8-3-4-9-17(16)24(18)12-19(25)23-20-13-6-5-7-14(20)11-15(21)10-13/h3-4,8-9,13-15,20H,2,5-7,10-12,21H2,1H3,(H,23,25). The number of rotatable bonds is 4. The molecule has 2 aliphatic carbocycles. The van der Waals surface area contributed by atoms with Crippen molar-refractivity contribution in [2.24, 2.45) is 17.6 Å². The lowest BCUT2D eigenvalue weighted by atomic mass is 9.67. The monoisotopic (exact) mass is 340 g/mol. The fourth-order valence-electron chi connectivity index (χ4n) is 4.97. The second-order valence-electron chi connectivity index (χ2n) is 7.73. The minimum absolute atomic E-state index is 0.107. The number of para-hydroxylation sites is 2. The van der Waals surface area contributed by atoms with Crippen LogP contribution in [0.5, 0.6) is 0 Å². The average Bonchev–Trinajstić information content (AvgIpc) is 2.93. The first kappa shape index (κ1) is 16.6. The summed E-state index contributed by atoms with van der Waals surface area (Å²) < 4.78 is 2.06. The van der Waals surface area contributed by atoms with Crippen LogP contribution in [0.3, 0.4) is 0 Å². The number of hydrogen-bond acceptors (Lipinski definition) is 3. The zero-order chi connectivity index (χ0) is 17.4. The fourth-order valence-corrected chi connectivity index (χ4v) is 4.97. The van der Waals surface area contributed by atoms with Gasteiger partial charge in [0.05, 0.1) is 11.0 Å². The molecule has 0 saturated heterocycles. The third kappa shape index (κ3) is 3.17. The number of fused-ring (bicyclic) bond motifs is 3. The molecule has 2 bridgehead atoms. The molecule has 5 heteroatoms. The van der Waals surface area contributed by atoms with Crippen molar-refractivity contribution in [1.82, 2.24) is 14.9 Å². The number of amides is 1. The number of hydrogen-bond donors (Lipinski definition) is 2. The summed E-state index contributed by atoms with van der Waals surface area (Å²) in [5.41, 5.74) is 8.21. The van der Waals surface area contributed by atoms with E-state index in [0.29, 0.717) is 30.5 Å². The molecule has 2 aromatic rings. The molecule has 0 spiro atoms. The highest BCUT2D eigenvalue weighted by atomic mass is 16.2. The Morgan fingerprint density at radius 3 is 2.72 bits per heavy atom. The van der Waals surface area contributed by atoms with E-state index in [2.05, 4.69) is 21.8 Å². The Hall–Kier alpha value is -1.88. The second-order valence-corrected chi connectivity index (χ2v) is 7.73. The number of aryl methyl sites for hydroxylation is 1. The van der Waals surface area contributed by atoms with Crippen LogP contribution in [0.2, 0.25) is 0 Å². The van der Waals surface area contributed by atoms with Gasteiger partial charge in [0.2, 0.25) is 5.91 Å². The predicted molar refractivity (Wildman–Crippen MR) is 99.1 cm³/mol. The summed E-state index contributed by atoms with van der Waals surface area (Å²) in [5, 5.41) is 3.35. The Labute approximate surface area is 149 Å². The molecule has 25 heavy (non-hydrogen) atoms. The summed E-state index contributed by atoms with van der Waals surface area (Å²) in [5.74, 6) is 2.19. The van der Waals surface area contributed by atoms with Gasteiger partial charge in [-0.05, 0) is 49.7 Å². The van der Waals surface area contributed by atoms with Crippen molar-refractivity contribution >= 4 is 16.9 Å². The molecule has 1 aromatic carbocycles. The van der Waals surface area contributed by atoms with Gasteiger partial charge in [-0.2, -0.15) is 0 Å². The van der Waals surface area contributed by atoms with E-state index in [-0.39, 0.29) is 5.91 Å². The van der Waals surface area contributed by atoms with Gasteiger partial charge in [0, 0.05) is 18.5 Å². The molecule has 2 fully saturated rings. The lowest BCUT2D eigenvalue weighted by Gasteiger charge is -2.45. The summed E-state index contributed by atoms with van der Waals surface area (Å²) in [6.45, 7) is 2.44. The largest absolute Gasteiger partial charge is 0.351 e. The van der Waals surface area contributed by atoms with E-state index in [1.165, 1.54) is 19.3 Å². The van der Waals surface area contributed by atoms with Crippen molar-refractivity contribution < 1.29 is 4.79 Å². The molecule has 2 saturated carbocycles. The average molecular weight is 340 g/mol. The van der Waals surface area contributed by atoms with Gasteiger partial charge in [0.1, 0.15) is 12.4 Å². The summed E-state index contributed by atoms with van der Waals surface area (Å²) in [4.78, 5) is 17.5. The third-order valence-corrected chi connectivity index (χ3v) is 6.06. The van der Waals surface area contributed by atoms with Crippen LogP contribution in [-0.4, -0.2) is 27.5 Å². The van der Waals surface area contributed by atoms with E-state index in [1.807, 2.05) is 24.3 Å². The van der Waals surface area contributed by atoms with Crippen molar-refractivity contribution in [1.29, 1.82) is 0 Å². The molecule has 1 amide bonds. The molecule has 5 nitrogen and oxygen atoms in total. The Bertz CT molecular complexity index is 754. The molecule has 0 radical (unpaired) electrons. The first-order valence-electron chi connectivity index (χ1n) is 9.64. The maximum absolute atomic E-state index is 12.8. The fraction of sp³-hybridized carbons (Fsp3) is 0.600. The number of benzene rings is 1. The van der Waals surface area contributed by atoms with Crippen LogP contribution in [0, 0.1) is 11.8 Å². The molecule has 3 N–H and O–H groups in total. The van der Waals surface area contributed by atoms with E-state index in [1.54, 1.807) is 0 Å². The van der Waals surface area contributed by atoms with Gasteiger partial charge in [0.25, 0.3) is 0 Å². The zero-order valence-corrected chi connectivity index (χ0v) is 14.9. The van der Waals surface area contributed by atoms with Crippen molar-refractivity contribution in [3.05, 3.63) is 30.1 Å². The van der Waals surface area contributed by atoms with Gasteiger partial charge in [0.15, 0.2) is 0 Å². The Balaban J connectivity index is 1.51. The van der Waals surface area contributed by atoms with Crippen molar-refractivity contribution in [2.45, 2.75) is 64.1 Å². The van der Waals surface area contributed by atoms with E-state index in [9.17, 15) is 4.79 Å². The van der Waals surface area contributed by atoms with E-state index in [0.717, 1.165) is 36.1 Å². The number of imidazole rings is 1. The molecule has 2 aliphatic rings. The Morgan fingerprint density at radius 1 is 1.28 bits per heavy atom. The van der Waals surface area contributed by atoms with E-state index in [4.69, 9.17) is 5.73 Å². The van der Waals surface area contributed by atoms with Gasteiger partial charge in [-0.3, -0.25) is 4.79 Å². The summed E-state index contributed by atoms with van der Waals surface area (Å²) in [6, 6.07) is 8.67. The van der Waals surface area contributed by atoms with Gasteiger partial charge >= 0.3 is 0 Å². The number of nitrogens with two attached hydrogens (primary N) is 1. The number of aromatic nitrogens is 2. The van der Waals surface area contributed by atoms with Crippen molar-refractivity contribution in [3.63, 3.8) is 0 Å². The van der Waals surface area contributed by atoms with Crippen LogP contribution in [0.1, 0.15) is 44.9 Å². The minimum Gasteiger partial charge on any atom is -0.351 e. The zero-order valence-electron chi connectivity index (χ0n) is 14.9. The maximum atomic E-state index is 12.8. The first-order chi connectivity index (χ1) is 12.2. The molecule has 1 heterocycles. The Morgan fingerprint density at radius 2 is 2.00 bits per heavy atom. The molecular weight excluding hydrogens is 312 g/mol. The lowest BCUT2D eigenvalue weighted by Crippen LogP contribution is -2.54. The Kier molecular flexibility index (Phi) is 4.50. The van der Waals surface area contributed by atoms with E-state index >= 15 is 0 Å². The van der Waals surface area contributed by atoms with E-state index < -0.39 is 0 Å². The van der Waals surface area contributed by atoms with Crippen LogP contribution in [0.25, 0.3) is 11.0 Å². The second kappa shape index (κ2) is 6.79. The highest BCUT2D eigenvalue weighted by molar-refractivity contribution is 5.81. The van der Waals surface area contributed by atoms with Crippen molar-refractivity contribution in [3.8, 4) is 0 Å². The summed E-state index contributed by atoms with van der Waals surface area (Å²) in [6.07, 6.45) is 6.60. The molecule has 134 valence electrons. The van der Waals surface area contributed by atoms with Gasteiger partial charge in [-0.25, -0.2) is 4.98 Å². The number of carbonyl (C=O) groups is 1. The number of nitrogens with one attached hydrogen (secondary N) is 1. The topological polar surface area (TPSA) is 72.9 Å². The normalized spacial score (nSPS) is 28.9. The predicted octanol–water partition coefficient (Wildman–Crippen LogP) is 2.62. The highest BCUT2D eigenvalue weighted by Gasteiger charge is 2.39. The van der Waals surface area contributed by atoms with Crippen LogP contribution in [0.4, 0.5) is 0 Å². The van der Waals surface area contributed by atoms with Crippen LogP contribution in [0.15, 0.2) is 24.3 Å². The molecular formula is C20H28N4O. The van der Waals surface area contributed by atoms with Crippen LogP contribution < -0.4 is 11.1 Å². The molecule has 2 unspecified atom stereocenters. The summed E-state index contributed by atoms with van der Waals surface area (Å²) >= 11 is 0. The van der Waals surface area contributed by atoms with Gasteiger partial charge in [-0.1, -0.05) is 25.5 Å². The number of nitrogens with zero attached hydrogens (tertiary/aromatic N) is 2. The maximum Gasteiger partial charge on any atom is 0.240 e. The molecule has 2 atom stereocenters. The smallest absolute Gasteiger partial charge is 0.240 e. The van der Waals surface area contributed by atoms with Gasteiger partial charge in [-0.15, -0.1) is 0 Å². The summed E-state index contributed by atoms with van der Waals surface area (Å²) in [7, 11) is 0. The minimum atomic E-state index is 0.107. The SMILES string of the molecule is CCc1nc2ccccc2n1CC(=O)NC1C2CCCC1CC(N)C2. The quantitative estimate of drug-likeness (QED) is 0.898. The molecule has 0 aliphatic heterocycles. The third-order valence-electron chi connectivity index (χ3n) is 6.06. The highest BCUT2D eigenvalue weighted by Crippen LogP contribution is 2.39. The first-order valence-corrected chi connectivity index (χ1v) is 9.64. The molecule has 4 rings (SSSR count). The van der Waals surface area contributed by atoms with Crippen LogP contribution in [-0.2, 0) is 17.8 Å². The molecule has 1 aromatic heterocycles. The van der Waals surface area contributed by atoms with Crippen molar-refractivity contribution in [2.75, 3.05) is 0 Å². The number of carbonyl (C=O) groups excluding carboxylic acids is 1. The lowest BCUT2D eigenvalue weighted by molar-refractivity contribution is -0.124.